The maximum Gasteiger partial charge on any atom is 0.243 e. The first kappa shape index (κ1) is 18.9. The van der Waals surface area contributed by atoms with Crippen LogP contribution in [-0.4, -0.2) is 35.3 Å². The van der Waals surface area contributed by atoms with Crippen molar-refractivity contribution < 1.29 is 14.0 Å². The average Bonchev–Trinajstić information content (AvgIpc) is 3.14. The fourth-order valence-corrected chi connectivity index (χ4v) is 4.12. The van der Waals surface area contributed by atoms with Crippen LogP contribution in [0.5, 0.6) is 0 Å². The van der Waals surface area contributed by atoms with Crippen molar-refractivity contribution in [1.29, 1.82) is 0 Å². The zero-order valence-electron chi connectivity index (χ0n) is 15.4. The monoisotopic (exact) mass is 360 g/mol. The Balaban J connectivity index is 1.46. The Morgan fingerprint density at radius 2 is 1.77 bits per heavy atom. The van der Waals surface area contributed by atoms with Crippen LogP contribution >= 0.6 is 0 Å². The summed E-state index contributed by atoms with van der Waals surface area (Å²) < 4.78 is 12.9. The SMILES string of the molecule is O=C(NC1CCCCC1)[C@H]1CCCN1C(=O)CCCc1ccc(F)cc1. The fourth-order valence-electron chi connectivity index (χ4n) is 4.12. The smallest absolute Gasteiger partial charge is 0.243 e. The second kappa shape index (κ2) is 9.15. The van der Waals surface area contributed by atoms with Gasteiger partial charge in [0.25, 0.3) is 0 Å². The van der Waals surface area contributed by atoms with Gasteiger partial charge < -0.3 is 10.2 Å². The van der Waals surface area contributed by atoms with Gasteiger partial charge in [0.2, 0.25) is 11.8 Å². The van der Waals surface area contributed by atoms with E-state index in [1.807, 2.05) is 0 Å². The van der Waals surface area contributed by atoms with Crippen LogP contribution in [0.15, 0.2) is 24.3 Å². The number of aryl methyl sites for hydroxylation is 1. The van der Waals surface area contributed by atoms with Crippen LogP contribution in [0.4, 0.5) is 4.39 Å². The number of carbonyl (C=O) groups excluding carboxylic acids is 2. The summed E-state index contributed by atoms with van der Waals surface area (Å²) in [5, 5.41) is 3.16. The molecule has 5 heteroatoms. The summed E-state index contributed by atoms with van der Waals surface area (Å²) in [7, 11) is 0. The molecule has 1 saturated carbocycles. The first-order valence-electron chi connectivity index (χ1n) is 9.98. The zero-order chi connectivity index (χ0) is 18.4. The lowest BCUT2D eigenvalue weighted by Gasteiger charge is -2.28. The van der Waals surface area contributed by atoms with E-state index in [9.17, 15) is 14.0 Å². The molecule has 142 valence electrons. The zero-order valence-corrected chi connectivity index (χ0v) is 15.4. The van der Waals surface area contributed by atoms with Gasteiger partial charge in [-0.1, -0.05) is 31.4 Å². The number of carbonyl (C=O) groups is 2. The third-order valence-corrected chi connectivity index (χ3v) is 5.60. The molecule has 1 heterocycles. The molecular formula is C21H29FN2O2. The number of nitrogens with zero attached hydrogens (tertiary/aromatic N) is 1. The number of halogens is 1. The van der Waals surface area contributed by atoms with Gasteiger partial charge in [0.1, 0.15) is 11.9 Å². The molecule has 1 aliphatic carbocycles. The highest BCUT2D eigenvalue weighted by Crippen LogP contribution is 2.22. The van der Waals surface area contributed by atoms with Crippen molar-refractivity contribution in [3.8, 4) is 0 Å². The second-order valence-corrected chi connectivity index (χ2v) is 7.57. The molecule has 0 radical (unpaired) electrons. The maximum atomic E-state index is 12.9. The highest BCUT2D eigenvalue weighted by atomic mass is 19.1. The predicted molar refractivity (Wildman–Crippen MR) is 99.1 cm³/mol. The molecule has 2 amide bonds. The molecule has 1 aromatic carbocycles. The lowest BCUT2D eigenvalue weighted by Crippen LogP contribution is -2.49. The lowest BCUT2D eigenvalue weighted by atomic mass is 9.95. The van der Waals surface area contributed by atoms with Gasteiger partial charge in [0, 0.05) is 19.0 Å². The molecule has 3 rings (SSSR count). The van der Waals surface area contributed by atoms with Crippen molar-refractivity contribution in [2.75, 3.05) is 6.54 Å². The van der Waals surface area contributed by atoms with Crippen molar-refractivity contribution in [3.05, 3.63) is 35.6 Å². The highest BCUT2D eigenvalue weighted by molar-refractivity contribution is 5.88. The molecule has 1 saturated heterocycles. The Bertz CT molecular complexity index is 611. The van der Waals surface area contributed by atoms with E-state index in [-0.39, 0.29) is 29.7 Å². The van der Waals surface area contributed by atoms with E-state index in [4.69, 9.17) is 0 Å². The van der Waals surface area contributed by atoms with E-state index >= 15 is 0 Å². The third kappa shape index (κ3) is 5.05. The molecule has 0 spiro atoms. The van der Waals surface area contributed by atoms with Crippen LogP contribution in [0, 0.1) is 5.82 Å². The van der Waals surface area contributed by atoms with Crippen LogP contribution in [0.3, 0.4) is 0 Å². The average molecular weight is 360 g/mol. The molecule has 26 heavy (non-hydrogen) atoms. The van der Waals surface area contributed by atoms with Crippen molar-refractivity contribution >= 4 is 11.8 Å². The number of hydrogen-bond donors (Lipinski definition) is 1. The van der Waals surface area contributed by atoms with Gasteiger partial charge in [0.15, 0.2) is 0 Å². The standard InChI is InChI=1S/C21H29FN2O2/c22-17-13-11-16(12-14-17)6-4-10-20(25)24-15-5-9-19(24)21(26)23-18-7-2-1-3-8-18/h11-14,18-19H,1-10,15H2,(H,23,26)/t19-/m1/s1. The molecule has 1 aliphatic heterocycles. The van der Waals surface area contributed by atoms with Gasteiger partial charge in [-0.15, -0.1) is 0 Å². The summed E-state index contributed by atoms with van der Waals surface area (Å²) >= 11 is 0. The highest BCUT2D eigenvalue weighted by Gasteiger charge is 2.34. The van der Waals surface area contributed by atoms with Crippen molar-refractivity contribution in [2.24, 2.45) is 0 Å². The minimum atomic E-state index is -0.296. The Hall–Kier alpha value is -1.91. The van der Waals surface area contributed by atoms with Gasteiger partial charge in [-0.05, 0) is 56.2 Å². The molecule has 2 fully saturated rings. The summed E-state index contributed by atoms with van der Waals surface area (Å²) in [6.07, 6.45) is 9.31. The van der Waals surface area contributed by atoms with E-state index in [2.05, 4.69) is 5.32 Å². The van der Waals surface area contributed by atoms with Gasteiger partial charge >= 0.3 is 0 Å². The van der Waals surface area contributed by atoms with Crippen LogP contribution in [0.2, 0.25) is 0 Å². The molecule has 0 aromatic heterocycles. The minimum Gasteiger partial charge on any atom is -0.352 e. The topological polar surface area (TPSA) is 49.4 Å². The van der Waals surface area contributed by atoms with Crippen molar-refractivity contribution in [1.82, 2.24) is 10.2 Å². The first-order valence-corrected chi connectivity index (χ1v) is 9.98. The maximum absolute atomic E-state index is 12.9. The molecule has 1 atom stereocenters. The van der Waals surface area contributed by atoms with Gasteiger partial charge in [-0.3, -0.25) is 9.59 Å². The normalized spacial score (nSPS) is 21.0. The van der Waals surface area contributed by atoms with Crippen molar-refractivity contribution in [2.45, 2.75) is 76.3 Å². The number of amides is 2. The molecule has 4 nitrogen and oxygen atoms in total. The van der Waals surface area contributed by atoms with Crippen LogP contribution in [0.25, 0.3) is 0 Å². The third-order valence-electron chi connectivity index (χ3n) is 5.60. The summed E-state index contributed by atoms with van der Waals surface area (Å²) in [6.45, 7) is 0.679. The molecule has 2 aliphatic rings. The molecule has 0 unspecified atom stereocenters. The van der Waals surface area contributed by atoms with Crippen LogP contribution in [0.1, 0.15) is 63.4 Å². The Morgan fingerprint density at radius 3 is 2.50 bits per heavy atom. The molecule has 1 aromatic rings. The first-order chi connectivity index (χ1) is 12.6. The number of nitrogens with one attached hydrogen (secondary N) is 1. The summed E-state index contributed by atoms with van der Waals surface area (Å²) in [5.74, 6) is -0.150. The van der Waals surface area contributed by atoms with Crippen molar-refractivity contribution in [3.63, 3.8) is 0 Å². The van der Waals surface area contributed by atoms with Crippen LogP contribution in [-0.2, 0) is 16.0 Å². The van der Waals surface area contributed by atoms with E-state index in [1.165, 1.54) is 31.4 Å². The molecular weight excluding hydrogens is 331 g/mol. The summed E-state index contributed by atoms with van der Waals surface area (Å²) in [4.78, 5) is 27.0. The minimum absolute atomic E-state index is 0.0290. The van der Waals surface area contributed by atoms with Gasteiger partial charge in [0.05, 0.1) is 0 Å². The largest absolute Gasteiger partial charge is 0.352 e. The lowest BCUT2D eigenvalue weighted by molar-refractivity contribution is -0.138. The number of hydrogen-bond acceptors (Lipinski definition) is 2. The number of rotatable bonds is 6. The Kier molecular flexibility index (Phi) is 6.64. The van der Waals surface area contributed by atoms with E-state index in [1.54, 1.807) is 17.0 Å². The van der Waals surface area contributed by atoms with E-state index in [0.29, 0.717) is 13.0 Å². The number of likely N-dealkylation sites (tertiary alicyclic amines) is 1. The Labute approximate surface area is 155 Å². The number of benzene rings is 1. The van der Waals surface area contributed by atoms with Crippen LogP contribution < -0.4 is 5.32 Å². The summed E-state index contributed by atoms with van der Waals surface area (Å²) in [6, 6.07) is 6.40. The fraction of sp³-hybridized carbons (Fsp3) is 0.619. The summed E-state index contributed by atoms with van der Waals surface area (Å²) in [5.41, 5.74) is 1.03. The van der Waals surface area contributed by atoms with E-state index in [0.717, 1.165) is 44.1 Å². The predicted octanol–water partition coefficient (Wildman–Crippen LogP) is 3.59. The Morgan fingerprint density at radius 1 is 1.04 bits per heavy atom. The molecule has 1 N–H and O–H groups in total. The van der Waals surface area contributed by atoms with Gasteiger partial charge in [-0.2, -0.15) is 0 Å². The quantitative estimate of drug-likeness (QED) is 0.843. The van der Waals surface area contributed by atoms with E-state index < -0.39 is 0 Å². The second-order valence-electron chi connectivity index (χ2n) is 7.57. The molecule has 0 bridgehead atoms. The van der Waals surface area contributed by atoms with Gasteiger partial charge in [-0.25, -0.2) is 4.39 Å².